The van der Waals surface area contributed by atoms with E-state index in [1.54, 1.807) is 0 Å². The normalized spacial score (nSPS) is 11.5. The lowest BCUT2D eigenvalue weighted by atomic mass is 10.0. The zero-order valence-electron chi connectivity index (χ0n) is 16.5. The van der Waals surface area contributed by atoms with E-state index in [0.717, 1.165) is 24.2 Å². The molecule has 0 atom stereocenters. The van der Waals surface area contributed by atoms with Gasteiger partial charge in [0.15, 0.2) is 0 Å². The number of hydrogen-bond donors (Lipinski definition) is 2. The molecule has 0 aliphatic heterocycles. The molecule has 2 aliphatic rings. The third-order valence-corrected chi connectivity index (χ3v) is 5.67. The van der Waals surface area contributed by atoms with Crippen molar-refractivity contribution in [1.82, 2.24) is 0 Å². The van der Waals surface area contributed by atoms with Crippen LogP contribution in [0.5, 0.6) is 0 Å². The number of halogens is 2. The Kier molecular flexibility index (Phi) is 6.40. The molecule has 0 saturated carbocycles. The van der Waals surface area contributed by atoms with E-state index < -0.39 is 0 Å². The highest BCUT2D eigenvalue weighted by atomic mass is 35.5. The van der Waals surface area contributed by atoms with E-state index in [4.69, 9.17) is 11.5 Å². The van der Waals surface area contributed by atoms with Crippen molar-refractivity contribution in [1.29, 1.82) is 0 Å². The summed E-state index contributed by atoms with van der Waals surface area (Å²) in [6.07, 6.45) is 2.07. The molecule has 4 aromatic carbocycles. The van der Waals surface area contributed by atoms with Crippen molar-refractivity contribution in [2.24, 2.45) is 0 Å². The number of hydrogen-bond acceptors (Lipinski definition) is 2. The highest BCUT2D eigenvalue weighted by molar-refractivity contribution is 5.86. The summed E-state index contributed by atoms with van der Waals surface area (Å²) >= 11 is 0. The molecule has 6 rings (SSSR count). The fourth-order valence-corrected chi connectivity index (χ4v) is 4.36. The Morgan fingerprint density at radius 3 is 1.83 bits per heavy atom. The Bertz CT molecular complexity index is 1200. The second kappa shape index (κ2) is 8.83. The Labute approximate surface area is 189 Å². The molecule has 2 aliphatic carbocycles. The standard InChI is InChI=1S/2C13H11N.2ClH/c14-12-7-3-5-10-8-9-4-1-2-6-11(9)13(10)12;14-11-6-5-10-7-9-3-1-2-4-12(9)13(10)8-11;;/h1-7H,8,14H2;1-6,8H,7,14H2;2*1H. The first-order chi connectivity index (χ1) is 13.7. The number of benzene rings is 4. The lowest BCUT2D eigenvalue weighted by Crippen LogP contribution is -1.89. The van der Waals surface area contributed by atoms with Crippen molar-refractivity contribution in [3.05, 3.63) is 107 Å². The average Bonchev–Trinajstić information content (AvgIpc) is 3.27. The largest absolute Gasteiger partial charge is 0.399 e. The molecular formula is C26H24Cl2N2. The Balaban J connectivity index is 0.000000160. The van der Waals surface area contributed by atoms with Gasteiger partial charge in [-0.25, -0.2) is 0 Å². The van der Waals surface area contributed by atoms with Gasteiger partial charge in [-0.2, -0.15) is 0 Å². The highest BCUT2D eigenvalue weighted by Crippen LogP contribution is 2.40. The van der Waals surface area contributed by atoms with Gasteiger partial charge in [-0.15, -0.1) is 24.8 Å². The summed E-state index contributed by atoms with van der Waals surface area (Å²) in [7, 11) is 0. The van der Waals surface area contributed by atoms with Crippen LogP contribution in [0.2, 0.25) is 0 Å². The molecule has 30 heavy (non-hydrogen) atoms. The van der Waals surface area contributed by atoms with Crippen molar-refractivity contribution < 1.29 is 0 Å². The molecule has 0 spiro atoms. The smallest absolute Gasteiger partial charge is 0.0396 e. The lowest BCUT2D eigenvalue weighted by molar-refractivity contribution is 1.26. The van der Waals surface area contributed by atoms with Gasteiger partial charge < -0.3 is 11.5 Å². The van der Waals surface area contributed by atoms with E-state index in [0.29, 0.717) is 0 Å². The van der Waals surface area contributed by atoms with Gasteiger partial charge >= 0.3 is 0 Å². The zero-order valence-corrected chi connectivity index (χ0v) is 18.1. The van der Waals surface area contributed by atoms with Crippen LogP contribution < -0.4 is 11.5 Å². The van der Waals surface area contributed by atoms with Crippen molar-refractivity contribution >= 4 is 36.2 Å². The van der Waals surface area contributed by atoms with Crippen molar-refractivity contribution in [2.45, 2.75) is 12.8 Å². The van der Waals surface area contributed by atoms with Gasteiger partial charge in [0.2, 0.25) is 0 Å². The third kappa shape index (κ3) is 3.77. The summed E-state index contributed by atoms with van der Waals surface area (Å²) in [6.45, 7) is 0. The van der Waals surface area contributed by atoms with Crippen molar-refractivity contribution in [3.8, 4) is 22.3 Å². The quantitative estimate of drug-likeness (QED) is 0.267. The first-order valence-electron chi connectivity index (χ1n) is 9.63. The number of fused-ring (bicyclic) bond motifs is 6. The summed E-state index contributed by atoms with van der Waals surface area (Å²) in [5.41, 5.74) is 24.3. The maximum atomic E-state index is 5.99. The van der Waals surface area contributed by atoms with Gasteiger partial charge in [-0.1, -0.05) is 66.7 Å². The fraction of sp³-hybridized carbons (Fsp3) is 0.0769. The Hall–Kier alpha value is -2.94. The van der Waals surface area contributed by atoms with Gasteiger partial charge in [-0.3, -0.25) is 0 Å². The van der Waals surface area contributed by atoms with Crippen LogP contribution in [0, 0.1) is 0 Å². The summed E-state index contributed by atoms with van der Waals surface area (Å²) < 4.78 is 0. The maximum Gasteiger partial charge on any atom is 0.0396 e. The number of rotatable bonds is 0. The summed E-state index contributed by atoms with van der Waals surface area (Å²) in [5, 5.41) is 0. The topological polar surface area (TPSA) is 52.0 Å². The molecule has 152 valence electrons. The molecule has 0 saturated heterocycles. The first kappa shape index (κ1) is 21.8. The number of nitrogens with two attached hydrogens (primary N) is 2. The molecule has 4 N–H and O–H groups in total. The van der Waals surface area contributed by atoms with Crippen molar-refractivity contribution in [2.75, 3.05) is 11.5 Å². The van der Waals surface area contributed by atoms with Gasteiger partial charge in [0, 0.05) is 16.9 Å². The fourth-order valence-electron chi connectivity index (χ4n) is 4.36. The second-order valence-electron chi connectivity index (χ2n) is 7.47. The predicted octanol–water partition coefficient (Wildman–Crippen LogP) is 6.52. The van der Waals surface area contributed by atoms with Gasteiger partial charge in [0.1, 0.15) is 0 Å². The molecule has 4 heteroatoms. The van der Waals surface area contributed by atoms with Gasteiger partial charge in [-0.05, 0) is 70.0 Å². The summed E-state index contributed by atoms with van der Waals surface area (Å²) in [5.74, 6) is 0. The Morgan fingerprint density at radius 1 is 0.500 bits per heavy atom. The van der Waals surface area contributed by atoms with Gasteiger partial charge in [0.05, 0.1) is 0 Å². The molecule has 0 heterocycles. The molecule has 0 fully saturated rings. The number of nitrogen functional groups attached to an aromatic ring is 2. The maximum absolute atomic E-state index is 5.99. The van der Waals surface area contributed by atoms with Crippen LogP contribution in [0.1, 0.15) is 22.3 Å². The summed E-state index contributed by atoms with van der Waals surface area (Å²) in [4.78, 5) is 0. The molecule has 2 nitrogen and oxygen atoms in total. The lowest BCUT2D eigenvalue weighted by Gasteiger charge is -2.03. The third-order valence-electron chi connectivity index (χ3n) is 5.67. The van der Waals surface area contributed by atoms with E-state index in [1.165, 1.54) is 44.5 Å². The van der Waals surface area contributed by atoms with E-state index in [2.05, 4.69) is 66.7 Å². The molecule has 4 aromatic rings. The SMILES string of the molecule is Cl.Cl.Nc1ccc2c(c1)-c1ccccc1C2.Nc1cccc2c1-c1ccccc1C2. The summed E-state index contributed by atoms with van der Waals surface area (Å²) in [6, 6.07) is 29.3. The minimum absolute atomic E-state index is 0. The molecular weight excluding hydrogens is 411 g/mol. The zero-order chi connectivity index (χ0) is 19.1. The van der Waals surface area contributed by atoms with Crippen LogP contribution in [0.4, 0.5) is 11.4 Å². The molecule has 0 unspecified atom stereocenters. The van der Waals surface area contributed by atoms with E-state index >= 15 is 0 Å². The van der Waals surface area contributed by atoms with Gasteiger partial charge in [0.25, 0.3) is 0 Å². The monoisotopic (exact) mass is 434 g/mol. The molecule has 0 bridgehead atoms. The minimum Gasteiger partial charge on any atom is -0.399 e. The van der Waals surface area contributed by atoms with E-state index in [1.807, 2.05) is 18.2 Å². The Morgan fingerprint density at radius 2 is 1.07 bits per heavy atom. The highest BCUT2D eigenvalue weighted by Gasteiger charge is 2.19. The van der Waals surface area contributed by atoms with Crippen molar-refractivity contribution in [3.63, 3.8) is 0 Å². The predicted molar refractivity (Wildman–Crippen MR) is 133 cm³/mol. The van der Waals surface area contributed by atoms with Crippen LogP contribution in [0.25, 0.3) is 22.3 Å². The van der Waals surface area contributed by atoms with Crippen LogP contribution in [0.15, 0.2) is 84.9 Å². The average molecular weight is 435 g/mol. The molecule has 0 amide bonds. The second-order valence-corrected chi connectivity index (χ2v) is 7.47. The first-order valence-corrected chi connectivity index (χ1v) is 9.63. The minimum atomic E-state index is 0. The van der Waals surface area contributed by atoms with Crippen LogP contribution in [-0.4, -0.2) is 0 Å². The molecule has 0 radical (unpaired) electrons. The number of anilines is 2. The van der Waals surface area contributed by atoms with Crippen LogP contribution >= 0.6 is 24.8 Å². The van der Waals surface area contributed by atoms with Crippen LogP contribution in [0.3, 0.4) is 0 Å². The van der Waals surface area contributed by atoms with Crippen LogP contribution in [-0.2, 0) is 12.8 Å². The van der Waals surface area contributed by atoms with E-state index in [-0.39, 0.29) is 24.8 Å². The van der Waals surface area contributed by atoms with E-state index in [9.17, 15) is 0 Å². The molecule has 0 aromatic heterocycles.